The maximum Gasteiger partial charge on any atom is 0.337 e. The van der Waals surface area contributed by atoms with Crippen LogP contribution in [0.25, 0.3) is 0 Å². The molecule has 4 rings (SSSR count). The van der Waals surface area contributed by atoms with Gasteiger partial charge in [-0.1, -0.05) is 20.3 Å². The van der Waals surface area contributed by atoms with Gasteiger partial charge in [-0.05, 0) is 63.5 Å². The molecule has 156 valence electrons. The van der Waals surface area contributed by atoms with Crippen LogP contribution in [-0.2, 0) is 14.3 Å². The van der Waals surface area contributed by atoms with Crippen molar-refractivity contribution in [2.45, 2.75) is 84.7 Å². The zero-order valence-corrected chi connectivity index (χ0v) is 17.9. The van der Waals surface area contributed by atoms with Crippen molar-refractivity contribution in [3.05, 3.63) is 46.2 Å². The van der Waals surface area contributed by atoms with Gasteiger partial charge in [0.2, 0.25) is 0 Å². The van der Waals surface area contributed by atoms with Gasteiger partial charge < -0.3 is 14.5 Å². The molecule has 1 aromatic heterocycles. The number of allylic oxidation sites excluding steroid dienone is 3. The highest BCUT2D eigenvalue weighted by Crippen LogP contribution is 2.47. The van der Waals surface area contributed by atoms with Crippen LogP contribution < -0.4 is 5.32 Å². The average molecular weight is 398 g/mol. The van der Waals surface area contributed by atoms with Gasteiger partial charge in [-0.3, -0.25) is 4.79 Å². The van der Waals surface area contributed by atoms with Gasteiger partial charge >= 0.3 is 5.97 Å². The molecule has 0 spiro atoms. The summed E-state index contributed by atoms with van der Waals surface area (Å²) in [4.78, 5) is 26.5. The first-order valence-corrected chi connectivity index (χ1v) is 10.8. The number of carbonyl (C=O) groups is 2. The normalized spacial score (nSPS) is 25.0. The van der Waals surface area contributed by atoms with Gasteiger partial charge in [0.1, 0.15) is 17.6 Å². The first kappa shape index (κ1) is 20.0. The number of dihydropyridines is 1. The number of ether oxygens (including phenoxy) is 1. The number of nitrogens with one attached hydrogen (secondary N) is 1. The predicted molar refractivity (Wildman–Crippen MR) is 110 cm³/mol. The van der Waals surface area contributed by atoms with Gasteiger partial charge in [0.25, 0.3) is 0 Å². The maximum atomic E-state index is 13.3. The van der Waals surface area contributed by atoms with Crippen molar-refractivity contribution in [1.82, 2.24) is 5.32 Å². The minimum absolute atomic E-state index is 0.0353. The lowest BCUT2D eigenvalue weighted by atomic mass is 9.69. The van der Waals surface area contributed by atoms with Crippen molar-refractivity contribution in [1.29, 1.82) is 0 Å². The molecule has 1 saturated carbocycles. The van der Waals surface area contributed by atoms with Crippen LogP contribution in [0.15, 0.2) is 39.1 Å². The van der Waals surface area contributed by atoms with Crippen molar-refractivity contribution in [3.8, 4) is 0 Å². The van der Waals surface area contributed by atoms with E-state index in [0.717, 1.165) is 49.3 Å². The van der Waals surface area contributed by atoms with Crippen LogP contribution in [0.1, 0.15) is 83.2 Å². The van der Waals surface area contributed by atoms with Gasteiger partial charge in [-0.25, -0.2) is 4.79 Å². The second kappa shape index (κ2) is 7.51. The molecule has 5 nitrogen and oxygen atoms in total. The SMILES string of the molecule is CC1=C(C(=O)OC2CCCCC2)[C@H](c2ccc(C)o2)C2=C(CC(C)(C)CC2=O)N1. The van der Waals surface area contributed by atoms with Crippen LogP contribution in [-0.4, -0.2) is 17.9 Å². The van der Waals surface area contributed by atoms with Crippen molar-refractivity contribution in [2.24, 2.45) is 5.41 Å². The first-order chi connectivity index (χ1) is 13.7. The molecule has 3 aliphatic rings. The number of hydrogen-bond donors (Lipinski definition) is 1. The second-order valence-electron chi connectivity index (χ2n) is 9.54. The summed E-state index contributed by atoms with van der Waals surface area (Å²) in [5.74, 6) is 0.657. The molecule has 0 unspecified atom stereocenters. The first-order valence-electron chi connectivity index (χ1n) is 10.8. The highest BCUT2D eigenvalue weighted by molar-refractivity contribution is 6.04. The van der Waals surface area contributed by atoms with Crippen LogP contribution in [0.3, 0.4) is 0 Å². The zero-order chi connectivity index (χ0) is 20.8. The third-order valence-corrected chi connectivity index (χ3v) is 6.33. The summed E-state index contributed by atoms with van der Waals surface area (Å²) in [5.41, 5.74) is 2.75. The van der Waals surface area contributed by atoms with E-state index in [0.29, 0.717) is 23.3 Å². The lowest BCUT2D eigenvalue weighted by molar-refractivity contribution is -0.146. The Balaban J connectivity index is 1.73. The Morgan fingerprint density at radius 3 is 2.52 bits per heavy atom. The second-order valence-corrected chi connectivity index (χ2v) is 9.54. The third-order valence-electron chi connectivity index (χ3n) is 6.33. The van der Waals surface area contributed by atoms with Crippen LogP contribution in [0.4, 0.5) is 0 Å². The van der Waals surface area contributed by atoms with Crippen LogP contribution in [0.5, 0.6) is 0 Å². The zero-order valence-electron chi connectivity index (χ0n) is 17.9. The summed E-state index contributed by atoms with van der Waals surface area (Å²) < 4.78 is 11.8. The fourth-order valence-corrected chi connectivity index (χ4v) is 5.00. The van der Waals surface area contributed by atoms with Gasteiger partial charge in [0.05, 0.1) is 11.5 Å². The number of esters is 1. The van der Waals surface area contributed by atoms with Gasteiger partial charge in [0.15, 0.2) is 5.78 Å². The number of ketones is 1. The standard InChI is InChI=1S/C24H31NO4/c1-14-10-11-19(28-14)22-20(23(27)29-16-8-6-5-7-9-16)15(2)25-17-12-24(3,4)13-18(26)21(17)22/h10-11,16,22,25H,5-9,12-13H2,1-4H3/t22-/m0/s1. The topological polar surface area (TPSA) is 68.5 Å². The Bertz CT molecular complexity index is 896. The summed E-state index contributed by atoms with van der Waals surface area (Å²) in [6.07, 6.45) is 6.42. The molecule has 0 bridgehead atoms. The maximum absolute atomic E-state index is 13.3. The third kappa shape index (κ3) is 3.92. The molecule has 0 radical (unpaired) electrons. The lowest BCUT2D eigenvalue weighted by Gasteiger charge is -2.39. The van der Waals surface area contributed by atoms with Crippen molar-refractivity contribution >= 4 is 11.8 Å². The van der Waals surface area contributed by atoms with Gasteiger partial charge in [-0.15, -0.1) is 0 Å². The van der Waals surface area contributed by atoms with E-state index in [-0.39, 0.29) is 23.3 Å². The molecule has 0 aromatic carbocycles. The van der Waals surface area contributed by atoms with Crippen LogP contribution >= 0.6 is 0 Å². The highest BCUT2D eigenvalue weighted by Gasteiger charge is 2.44. The van der Waals surface area contributed by atoms with Crippen LogP contribution in [0, 0.1) is 12.3 Å². The number of hydrogen-bond acceptors (Lipinski definition) is 5. The van der Waals surface area contributed by atoms with E-state index in [1.54, 1.807) is 0 Å². The highest BCUT2D eigenvalue weighted by atomic mass is 16.5. The minimum atomic E-state index is -0.500. The van der Waals surface area contributed by atoms with Crippen molar-refractivity contribution in [2.75, 3.05) is 0 Å². The van der Waals surface area contributed by atoms with E-state index in [2.05, 4.69) is 19.2 Å². The molecule has 1 atom stereocenters. The van der Waals surface area contributed by atoms with Gasteiger partial charge in [0, 0.05) is 23.4 Å². The molecule has 1 aromatic rings. The summed E-state index contributed by atoms with van der Waals surface area (Å²) in [5, 5.41) is 3.38. The molecular formula is C24H31NO4. The van der Waals surface area contributed by atoms with E-state index in [9.17, 15) is 9.59 Å². The summed E-state index contributed by atoms with van der Waals surface area (Å²) in [6, 6.07) is 3.76. The van der Waals surface area contributed by atoms with E-state index in [1.807, 2.05) is 26.0 Å². The molecule has 5 heteroatoms. The summed E-state index contributed by atoms with van der Waals surface area (Å²) in [7, 11) is 0. The molecule has 29 heavy (non-hydrogen) atoms. The molecule has 0 saturated heterocycles. The Hall–Kier alpha value is -2.30. The quantitative estimate of drug-likeness (QED) is 0.722. The number of carbonyl (C=O) groups excluding carboxylic acids is 2. The van der Waals surface area contributed by atoms with E-state index < -0.39 is 5.92 Å². The average Bonchev–Trinajstić information content (AvgIpc) is 3.06. The van der Waals surface area contributed by atoms with E-state index in [4.69, 9.17) is 9.15 Å². The van der Waals surface area contributed by atoms with Crippen molar-refractivity contribution in [3.63, 3.8) is 0 Å². The van der Waals surface area contributed by atoms with Crippen molar-refractivity contribution < 1.29 is 18.7 Å². The van der Waals surface area contributed by atoms with E-state index >= 15 is 0 Å². The smallest absolute Gasteiger partial charge is 0.337 e. The number of aryl methyl sites for hydroxylation is 1. The molecule has 2 heterocycles. The molecule has 0 amide bonds. The monoisotopic (exact) mass is 397 g/mol. The Morgan fingerprint density at radius 2 is 1.86 bits per heavy atom. The number of furan rings is 1. The largest absolute Gasteiger partial charge is 0.465 e. The molecule has 1 N–H and O–H groups in total. The minimum Gasteiger partial charge on any atom is -0.465 e. The van der Waals surface area contributed by atoms with Crippen LogP contribution in [0.2, 0.25) is 0 Å². The summed E-state index contributed by atoms with van der Waals surface area (Å²) >= 11 is 0. The molecular weight excluding hydrogens is 366 g/mol. The van der Waals surface area contributed by atoms with Gasteiger partial charge in [-0.2, -0.15) is 0 Å². The predicted octanol–water partition coefficient (Wildman–Crippen LogP) is 5.07. The fraction of sp³-hybridized carbons (Fsp3) is 0.583. The molecule has 1 aliphatic heterocycles. The molecule has 1 fully saturated rings. The number of Topliss-reactive ketones (excluding diaryl/α,β-unsaturated/α-hetero) is 1. The molecule has 2 aliphatic carbocycles. The van der Waals surface area contributed by atoms with E-state index in [1.165, 1.54) is 6.42 Å². The Morgan fingerprint density at radius 1 is 1.14 bits per heavy atom. The lowest BCUT2D eigenvalue weighted by Crippen LogP contribution is -2.39. The Kier molecular flexibility index (Phi) is 5.18. The summed E-state index contributed by atoms with van der Waals surface area (Å²) in [6.45, 7) is 7.99. The fourth-order valence-electron chi connectivity index (χ4n) is 5.00. The Labute approximate surface area is 172 Å². The number of rotatable bonds is 3.